The summed E-state index contributed by atoms with van der Waals surface area (Å²) in [6, 6.07) is 0. The number of aromatic nitrogens is 4. The molecule has 0 aromatic carbocycles. The molecular formula is C18H21MoN4O2. The van der Waals surface area contributed by atoms with Crippen molar-refractivity contribution < 1.29 is 30.7 Å². The fourth-order valence-corrected chi connectivity index (χ4v) is 2.81. The monoisotopic (exact) mass is 423 g/mol. The predicted molar refractivity (Wildman–Crippen MR) is 93.1 cm³/mol. The summed E-state index contributed by atoms with van der Waals surface area (Å²) in [4.78, 5) is 29.4. The second-order valence-electron chi connectivity index (χ2n) is 5.22. The topological polar surface area (TPSA) is 91.5 Å². The summed E-state index contributed by atoms with van der Waals surface area (Å²) in [5.74, 6) is 4.83. The number of allylic oxidation sites excluding steroid dienone is 4. The van der Waals surface area contributed by atoms with Crippen molar-refractivity contribution in [2.45, 2.75) is 19.8 Å². The molecule has 2 atom stereocenters. The fourth-order valence-electron chi connectivity index (χ4n) is 2.81. The molecule has 1 unspecified atom stereocenters. The number of nitrogens with zero attached hydrogens (tertiary/aromatic N) is 2. The van der Waals surface area contributed by atoms with Crippen LogP contribution in [0.5, 0.6) is 0 Å². The fraction of sp³-hybridized carbons (Fsp3) is 0.278. The largest absolute Gasteiger partial charge is 3.00 e. The van der Waals surface area contributed by atoms with Gasteiger partial charge in [0, 0.05) is 24.8 Å². The van der Waals surface area contributed by atoms with E-state index in [1.807, 2.05) is 0 Å². The first-order valence-corrected chi connectivity index (χ1v) is 7.48. The number of H-pyrrole nitrogens is 2. The van der Waals surface area contributed by atoms with E-state index in [1.165, 1.54) is 12.8 Å². The molecule has 6 nitrogen and oxygen atoms in total. The van der Waals surface area contributed by atoms with Crippen molar-refractivity contribution in [3.63, 3.8) is 0 Å². The minimum Gasteiger partial charge on any atom is -0.545 e. The summed E-state index contributed by atoms with van der Waals surface area (Å²) in [7, 11) is 0. The molecule has 0 bridgehead atoms. The van der Waals surface area contributed by atoms with Gasteiger partial charge >= 0.3 is 21.1 Å². The summed E-state index contributed by atoms with van der Waals surface area (Å²) in [5.41, 5.74) is 0. The summed E-state index contributed by atoms with van der Waals surface area (Å²) >= 11 is 0. The molecule has 1 fully saturated rings. The molecule has 2 aliphatic rings. The van der Waals surface area contributed by atoms with Crippen molar-refractivity contribution in [1.29, 1.82) is 0 Å². The molecule has 131 valence electrons. The van der Waals surface area contributed by atoms with E-state index in [4.69, 9.17) is 9.59 Å². The average Bonchev–Trinajstić information content (AvgIpc) is 3.41. The SMILES string of the molecule is C[C-]1CCC2C=CC=C[C@@H]12.[CH-]=O.[CH-]=O.[Mo+3].c1c[nH]c(-c2ncc[nH]2)n1. The van der Waals surface area contributed by atoms with Crippen molar-refractivity contribution in [2.75, 3.05) is 0 Å². The van der Waals surface area contributed by atoms with E-state index in [1.54, 1.807) is 30.7 Å². The van der Waals surface area contributed by atoms with E-state index in [9.17, 15) is 0 Å². The molecule has 1 saturated carbocycles. The molecule has 2 aliphatic carbocycles. The molecule has 0 aliphatic heterocycles. The Morgan fingerprint density at radius 1 is 1.00 bits per heavy atom. The molecule has 0 saturated heterocycles. The van der Waals surface area contributed by atoms with Crippen LogP contribution in [-0.4, -0.2) is 33.5 Å². The smallest absolute Gasteiger partial charge is 0.545 e. The minimum absolute atomic E-state index is 0. The second kappa shape index (κ2) is 13.2. The number of carbonyl (C=O) groups excluding carboxylic acids is 2. The maximum atomic E-state index is 7.75. The van der Waals surface area contributed by atoms with Gasteiger partial charge in [0.15, 0.2) is 11.6 Å². The first-order chi connectivity index (χ1) is 11.8. The quantitative estimate of drug-likeness (QED) is 0.421. The molecule has 4 rings (SSSR count). The molecule has 0 spiro atoms. The molecule has 7 heteroatoms. The number of imidazole rings is 2. The Morgan fingerprint density at radius 3 is 1.96 bits per heavy atom. The van der Waals surface area contributed by atoms with Crippen molar-refractivity contribution in [2.24, 2.45) is 11.8 Å². The Balaban J connectivity index is 0.000000373. The van der Waals surface area contributed by atoms with Gasteiger partial charge in [0.2, 0.25) is 0 Å². The molecule has 25 heavy (non-hydrogen) atoms. The van der Waals surface area contributed by atoms with Gasteiger partial charge in [-0.25, -0.2) is 9.97 Å². The van der Waals surface area contributed by atoms with Gasteiger partial charge in [0.05, 0.1) is 0 Å². The maximum absolute atomic E-state index is 7.75. The van der Waals surface area contributed by atoms with E-state index in [0.29, 0.717) is 0 Å². The first-order valence-electron chi connectivity index (χ1n) is 7.48. The Morgan fingerprint density at radius 2 is 1.52 bits per heavy atom. The Bertz CT molecular complexity index is 577. The number of rotatable bonds is 1. The number of hydrogen-bond donors (Lipinski definition) is 2. The van der Waals surface area contributed by atoms with Crippen LogP contribution in [0, 0.1) is 17.8 Å². The van der Waals surface area contributed by atoms with Crippen molar-refractivity contribution >= 4 is 13.6 Å². The van der Waals surface area contributed by atoms with Crippen LogP contribution in [0.15, 0.2) is 49.1 Å². The van der Waals surface area contributed by atoms with Crippen LogP contribution in [-0.2, 0) is 30.7 Å². The summed E-state index contributed by atoms with van der Waals surface area (Å²) in [5, 5.41) is 0. The Hall–Kier alpha value is -2.07. The zero-order valence-corrected chi connectivity index (χ0v) is 16.0. The number of aromatic amines is 2. The van der Waals surface area contributed by atoms with Crippen LogP contribution in [0.25, 0.3) is 11.6 Å². The van der Waals surface area contributed by atoms with Crippen LogP contribution in [0.4, 0.5) is 0 Å². The Labute approximate surface area is 162 Å². The standard InChI is InChI=1S/C10H13.C6H6N4.2CHO.Mo/c1-8-6-7-9-4-2-3-5-10(8)9;1-2-8-5(7-1)6-9-3-4-10-6;2*1-2;/h2-5,9-10H,6-7H2,1H3;1-4H,(H,7,8)(H,9,10);2*1H;/q-1;;2*-1;+3/t9?,10-;;;;/m0..../s1. The first kappa shape index (κ1) is 22.9. The molecular weight excluding hydrogens is 400 g/mol. The zero-order chi connectivity index (χ0) is 17.8. The third-order valence-electron chi connectivity index (χ3n) is 3.91. The zero-order valence-electron chi connectivity index (χ0n) is 14.0. The van der Waals surface area contributed by atoms with Gasteiger partial charge in [0.25, 0.3) is 0 Å². The van der Waals surface area contributed by atoms with Crippen LogP contribution < -0.4 is 0 Å². The minimum atomic E-state index is 0. The normalized spacial score (nSPS) is 19.7. The van der Waals surface area contributed by atoms with Gasteiger partial charge < -0.3 is 25.5 Å². The molecule has 0 amide bonds. The number of fused-ring (bicyclic) bond motifs is 1. The van der Waals surface area contributed by atoms with Crippen LogP contribution in [0.2, 0.25) is 0 Å². The van der Waals surface area contributed by atoms with Gasteiger partial charge in [-0.15, -0.1) is 12.0 Å². The van der Waals surface area contributed by atoms with E-state index in [2.05, 4.69) is 64.7 Å². The summed E-state index contributed by atoms with van der Waals surface area (Å²) < 4.78 is 0. The predicted octanol–water partition coefficient (Wildman–Crippen LogP) is 2.98. The van der Waals surface area contributed by atoms with Gasteiger partial charge in [0.1, 0.15) is 0 Å². The van der Waals surface area contributed by atoms with Gasteiger partial charge in [-0.1, -0.05) is 24.6 Å². The summed E-state index contributed by atoms with van der Waals surface area (Å²) in [6.45, 7) is 8.79. The van der Waals surface area contributed by atoms with E-state index in [-0.39, 0.29) is 21.1 Å². The van der Waals surface area contributed by atoms with Gasteiger partial charge in [-0.05, 0) is 5.92 Å². The van der Waals surface area contributed by atoms with Crippen LogP contribution in [0.3, 0.4) is 0 Å². The van der Waals surface area contributed by atoms with Crippen LogP contribution >= 0.6 is 0 Å². The van der Waals surface area contributed by atoms with Crippen molar-refractivity contribution in [3.8, 4) is 11.6 Å². The molecule has 2 heterocycles. The van der Waals surface area contributed by atoms with E-state index in [0.717, 1.165) is 23.5 Å². The number of nitrogens with one attached hydrogen (secondary N) is 2. The third-order valence-corrected chi connectivity index (χ3v) is 3.91. The van der Waals surface area contributed by atoms with Gasteiger partial charge in [-0.3, -0.25) is 13.6 Å². The average molecular weight is 421 g/mol. The number of hydrogen-bond acceptors (Lipinski definition) is 4. The molecule has 2 aromatic rings. The summed E-state index contributed by atoms with van der Waals surface area (Å²) in [6.07, 6.45) is 18.7. The molecule has 2 aromatic heterocycles. The van der Waals surface area contributed by atoms with E-state index < -0.39 is 0 Å². The van der Waals surface area contributed by atoms with Crippen molar-refractivity contribution in [1.82, 2.24) is 19.9 Å². The van der Waals surface area contributed by atoms with Gasteiger partial charge in [-0.2, -0.15) is 13.3 Å². The molecule has 2 N–H and O–H groups in total. The third kappa shape index (κ3) is 6.75. The van der Waals surface area contributed by atoms with Crippen molar-refractivity contribution in [3.05, 3.63) is 55.0 Å². The maximum Gasteiger partial charge on any atom is 3.00 e. The van der Waals surface area contributed by atoms with E-state index >= 15 is 0 Å². The Kier molecular flexibility index (Phi) is 12.1. The van der Waals surface area contributed by atoms with Crippen LogP contribution in [0.1, 0.15) is 19.8 Å². The molecule has 1 radical (unpaired) electrons. The second-order valence-corrected chi connectivity index (χ2v) is 5.22.